The molecule has 2 aromatic heterocycles. The van der Waals surface area contributed by atoms with E-state index in [0.29, 0.717) is 6.61 Å². The van der Waals surface area contributed by atoms with E-state index >= 15 is 0 Å². The molecule has 216 valence electrons. The Morgan fingerprint density at radius 2 is 1.72 bits per heavy atom. The smallest absolute Gasteiger partial charge is 0.430 e. The fraction of sp³-hybridized carbons (Fsp3) is 0.263. The molecule has 0 radical (unpaired) electrons. The third kappa shape index (κ3) is 8.38. The summed E-state index contributed by atoms with van der Waals surface area (Å²) in [6, 6.07) is 3.91. The molecule has 2 heterocycles. The highest BCUT2D eigenvalue weighted by molar-refractivity contribution is 8.45. The Balaban J connectivity index is 0.000000673. The van der Waals surface area contributed by atoms with Crippen molar-refractivity contribution in [1.29, 1.82) is 0 Å². The SMILES string of the molecule is CCOc1ccc2n(n1)c(N)n[n+]2CC(=O)c1cc(NC(C)=O)cc(S(F)(F)(F)(F)F)c1.O=C([O-])C(F)(F)F. The maximum atomic E-state index is 13.4. The van der Waals surface area contributed by atoms with Crippen molar-refractivity contribution in [3.05, 3.63) is 35.9 Å². The van der Waals surface area contributed by atoms with Crippen LogP contribution in [0.3, 0.4) is 0 Å². The average molecular weight is 594 g/mol. The minimum Gasteiger partial charge on any atom is -0.542 e. The molecule has 0 bridgehead atoms. The second-order valence-electron chi connectivity index (χ2n) is 7.50. The summed E-state index contributed by atoms with van der Waals surface area (Å²) in [6.07, 6.45) is -5.19. The lowest BCUT2D eigenvalue weighted by molar-refractivity contribution is -0.714. The minimum atomic E-state index is -10.1. The fourth-order valence-corrected chi connectivity index (χ4v) is 3.51. The average Bonchev–Trinajstić information content (AvgIpc) is 3.06. The molecule has 3 rings (SSSR count). The highest BCUT2D eigenvalue weighted by Gasteiger charge is 2.65. The van der Waals surface area contributed by atoms with Gasteiger partial charge in [-0.3, -0.25) is 9.59 Å². The molecule has 1 aromatic carbocycles. The lowest BCUT2D eigenvalue weighted by atomic mass is 10.1. The van der Waals surface area contributed by atoms with Crippen LogP contribution in [0, 0.1) is 0 Å². The number of aromatic nitrogens is 4. The van der Waals surface area contributed by atoms with E-state index in [4.69, 9.17) is 20.4 Å². The maximum absolute atomic E-state index is 13.4. The molecule has 0 spiro atoms. The molecule has 20 heteroatoms. The van der Waals surface area contributed by atoms with E-state index in [9.17, 15) is 42.2 Å². The number of nitrogens with two attached hydrogens (primary N) is 1. The number of ketones is 1. The molecule has 11 nitrogen and oxygen atoms in total. The number of aliphatic carboxylic acids is 1. The van der Waals surface area contributed by atoms with Crippen LogP contribution in [0.4, 0.5) is 44.2 Å². The molecule has 0 saturated heterocycles. The Hall–Kier alpha value is -4.23. The molecule has 0 aliphatic carbocycles. The van der Waals surface area contributed by atoms with Gasteiger partial charge in [0.05, 0.1) is 6.61 Å². The van der Waals surface area contributed by atoms with Crippen LogP contribution in [0.1, 0.15) is 24.2 Å². The molecular weight excluding hydrogens is 576 g/mol. The number of carboxylic acid groups (broad SMARTS) is 1. The number of hydrogen-bond donors (Lipinski definition) is 2. The summed E-state index contributed by atoms with van der Waals surface area (Å²) < 4.78 is 106. The zero-order chi connectivity index (χ0) is 30.0. The van der Waals surface area contributed by atoms with Gasteiger partial charge in [0.2, 0.25) is 11.7 Å². The van der Waals surface area contributed by atoms with Crippen LogP contribution >= 0.6 is 10.2 Å². The standard InChI is InChI=1S/C17H17F5N6O3S.C2HF3O2/c1-3-31-15-4-5-16-27(26-17(23)28(16)25-15)9-14(30)11-6-12(24-10(2)29)8-13(7-11)32(18,19,20,21)22;3-2(4,5)1(6)7/h4-8H,3,9H2,1-2H3,(H2-,23,24,25,26,29);(H,6,7). The molecule has 0 aliphatic heterocycles. The first kappa shape index (κ1) is 31.0. The fourth-order valence-electron chi connectivity index (χ4n) is 2.81. The monoisotopic (exact) mass is 594 g/mol. The molecule has 39 heavy (non-hydrogen) atoms. The third-order valence-electron chi connectivity index (χ3n) is 4.31. The van der Waals surface area contributed by atoms with Crippen molar-refractivity contribution in [3.8, 4) is 5.88 Å². The first-order chi connectivity index (χ1) is 17.5. The number of ether oxygens (including phenoxy) is 1. The molecule has 0 atom stereocenters. The number of hydrogen-bond acceptors (Lipinski definition) is 8. The van der Waals surface area contributed by atoms with Crippen molar-refractivity contribution in [2.75, 3.05) is 17.7 Å². The number of benzene rings is 1. The van der Waals surface area contributed by atoms with E-state index in [1.54, 1.807) is 6.92 Å². The van der Waals surface area contributed by atoms with Crippen molar-refractivity contribution in [2.24, 2.45) is 0 Å². The van der Waals surface area contributed by atoms with Gasteiger partial charge in [-0.15, -0.1) is 4.68 Å². The second kappa shape index (κ2) is 9.82. The predicted octanol–water partition coefficient (Wildman–Crippen LogP) is 2.80. The van der Waals surface area contributed by atoms with Gasteiger partial charge in [0.25, 0.3) is 5.88 Å². The highest BCUT2D eigenvalue weighted by Crippen LogP contribution is 3.02. The zero-order valence-electron chi connectivity index (χ0n) is 19.6. The number of carboxylic acids is 1. The molecule has 0 unspecified atom stereocenters. The van der Waals surface area contributed by atoms with E-state index in [2.05, 4.69) is 10.2 Å². The topological polar surface area (TPSA) is 156 Å². The summed E-state index contributed by atoms with van der Waals surface area (Å²) in [5.74, 6) is -4.73. The molecule has 3 aromatic rings. The van der Waals surface area contributed by atoms with Crippen LogP contribution < -0.4 is 25.6 Å². The van der Waals surface area contributed by atoms with Gasteiger partial charge in [-0.2, -0.15) is 13.2 Å². The summed E-state index contributed by atoms with van der Waals surface area (Å²) in [6.45, 7) is 2.40. The van der Waals surface area contributed by atoms with E-state index in [1.165, 1.54) is 12.1 Å². The van der Waals surface area contributed by atoms with Gasteiger partial charge >= 0.3 is 28.0 Å². The summed E-state index contributed by atoms with van der Waals surface area (Å²) >= 11 is 0. The van der Waals surface area contributed by atoms with Crippen LogP contribution in [-0.2, 0) is 16.1 Å². The van der Waals surface area contributed by atoms with Gasteiger partial charge in [0.1, 0.15) is 10.9 Å². The van der Waals surface area contributed by atoms with Gasteiger partial charge in [0, 0.05) is 30.3 Å². The van der Waals surface area contributed by atoms with Crippen molar-refractivity contribution < 1.29 is 61.5 Å². The number of anilines is 2. The predicted molar refractivity (Wildman–Crippen MR) is 116 cm³/mol. The van der Waals surface area contributed by atoms with E-state index < -0.39 is 56.8 Å². The van der Waals surface area contributed by atoms with Crippen LogP contribution in [0.5, 0.6) is 5.88 Å². The highest BCUT2D eigenvalue weighted by atomic mass is 32.5. The van der Waals surface area contributed by atoms with E-state index in [-0.39, 0.29) is 29.6 Å². The molecule has 0 fully saturated rings. The van der Waals surface area contributed by atoms with Crippen molar-refractivity contribution >= 4 is 45.2 Å². The zero-order valence-corrected chi connectivity index (χ0v) is 20.5. The first-order valence-corrected chi connectivity index (χ1v) is 12.1. The van der Waals surface area contributed by atoms with Gasteiger partial charge < -0.3 is 25.7 Å². The largest absolute Gasteiger partial charge is 0.542 e. The Kier molecular flexibility index (Phi) is 7.80. The molecule has 0 aliphatic rings. The summed E-state index contributed by atoms with van der Waals surface area (Å²) in [4.78, 5) is 30.4. The van der Waals surface area contributed by atoms with Crippen molar-refractivity contribution in [2.45, 2.75) is 31.5 Å². The summed E-state index contributed by atoms with van der Waals surface area (Å²) in [5, 5.41) is 18.7. The van der Waals surface area contributed by atoms with Crippen molar-refractivity contribution in [1.82, 2.24) is 14.7 Å². The van der Waals surface area contributed by atoms with Gasteiger partial charge in [0.15, 0.2) is 6.54 Å². The Morgan fingerprint density at radius 1 is 1.13 bits per heavy atom. The summed E-state index contributed by atoms with van der Waals surface area (Å²) in [5.41, 5.74) is 4.66. The number of nitrogens with zero attached hydrogens (tertiary/aromatic N) is 4. The van der Waals surface area contributed by atoms with Gasteiger partial charge in [-0.25, -0.2) is 0 Å². The number of Topliss-reactive ketones (excluding diaryl/α,β-unsaturated/α-hetero) is 1. The maximum Gasteiger partial charge on any atom is 0.430 e. The van der Waals surface area contributed by atoms with Crippen LogP contribution in [0.2, 0.25) is 0 Å². The Bertz CT molecular complexity index is 1440. The first-order valence-electron chi connectivity index (χ1n) is 10.2. The lowest BCUT2D eigenvalue weighted by Gasteiger charge is -2.40. The second-order valence-corrected chi connectivity index (χ2v) is 9.90. The number of alkyl halides is 3. The number of carbonyl (C=O) groups is 3. The quantitative estimate of drug-likeness (QED) is 0.240. The van der Waals surface area contributed by atoms with Gasteiger partial charge in [-0.1, -0.05) is 23.9 Å². The Morgan fingerprint density at radius 3 is 2.21 bits per heavy atom. The third-order valence-corrected chi connectivity index (χ3v) is 5.43. The number of halogens is 8. The minimum absolute atomic E-state index is 0.0445. The van der Waals surface area contributed by atoms with E-state index in [0.717, 1.165) is 22.2 Å². The number of amides is 1. The van der Waals surface area contributed by atoms with Crippen LogP contribution in [-0.4, -0.2) is 45.2 Å². The number of nitrogens with one attached hydrogen (secondary N) is 1. The van der Waals surface area contributed by atoms with E-state index in [1.807, 2.05) is 5.32 Å². The van der Waals surface area contributed by atoms with Gasteiger partial charge in [-0.05, 0) is 35.3 Å². The molecular formula is C19H18F8N6O5S. The molecule has 3 N–H and O–H groups in total. The van der Waals surface area contributed by atoms with Crippen molar-refractivity contribution in [3.63, 3.8) is 0 Å². The molecule has 1 amide bonds. The normalized spacial score (nSPS) is 13.5. The Labute approximate surface area is 212 Å². The van der Waals surface area contributed by atoms with Crippen LogP contribution in [0.15, 0.2) is 35.2 Å². The number of carbonyl (C=O) groups excluding carboxylic acids is 3. The summed E-state index contributed by atoms with van der Waals surface area (Å²) in [7, 11) is -10.1. The number of rotatable bonds is 7. The van der Waals surface area contributed by atoms with Crippen LogP contribution in [0.25, 0.3) is 5.65 Å². The lowest BCUT2D eigenvalue weighted by Crippen LogP contribution is -2.40. The number of nitrogen functional groups attached to an aromatic ring is 1. The number of fused-ring (bicyclic) bond motifs is 1. The molecule has 0 saturated carbocycles.